The van der Waals surface area contributed by atoms with Crippen LogP contribution in [0.5, 0.6) is 0 Å². The summed E-state index contributed by atoms with van der Waals surface area (Å²) in [5, 5.41) is 1.16. The Bertz CT molecular complexity index is 248. The standard InChI is InChI=1S/C14H23BrN/c15-11-7-4-2-1-3-5-8-12-16-13-9-6-10-14-16/h6,9-10,13-14H,1-5,7-8,11-12H2/q+1. The number of unbranched alkanes of at least 4 members (excludes halogenated alkanes) is 6. The Morgan fingerprint density at radius 2 is 1.25 bits per heavy atom. The van der Waals surface area contributed by atoms with Crippen LogP contribution in [0.3, 0.4) is 0 Å². The molecule has 0 aliphatic rings. The smallest absolute Gasteiger partial charge is 0.168 e. The predicted molar refractivity (Wildman–Crippen MR) is 72.8 cm³/mol. The van der Waals surface area contributed by atoms with E-state index in [1.807, 2.05) is 0 Å². The molecule has 0 aromatic carbocycles. The largest absolute Gasteiger partial charge is 0.205 e. The molecule has 1 nitrogen and oxygen atoms in total. The predicted octanol–water partition coefficient (Wildman–Crippen LogP) is 4.10. The van der Waals surface area contributed by atoms with Crippen LogP contribution in [0.1, 0.15) is 44.9 Å². The highest BCUT2D eigenvalue weighted by Crippen LogP contribution is 2.07. The van der Waals surface area contributed by atoms with Crippen molar-refractivity contribution in [3.8, 4) is 0 Å². The van der Waals surface area contributed by atoms with Crippen LogP contribution < -0.4 is 4.57 Å². The maximum atomic E-state index is 3.47. The van der Waals surface area contributed by atoms with E-state index in [1.165, 1.54) is 51.5 Å². The highest BCUT2D eigenvalue weighted by Gasteiger charge is 1.97. The molecule has 0 amide bonds. The molecule has 1 aromatic heterocycles. The molecule has 0 saturated heterocycles. The average Bonchev–Trinajstić information content (AvgIpc) is 2.34. The first kappa shape index (κ1) is 13.7. The minimum Gasteiger partial charge on any atom is -0.205 e. The number of aryl methyl sites for hydroxylation is 1. The van der Waals surface area contributed by atoms with Crippen LogP contribution in [-0.2, 0) is 6.54 Å². The average molecular weight is 285 g/mol. The van der Waals surface area contributed by atoms with Gasteiger partial charge in [-0.05, 0) is 12.8 Å². The van der Waals surface area contributed by atoms with E-state index < -0.39 is 0 Å². The van der Waals surface area contributed by atoms with Gasteiger partial charge in [-0.25, -0.2) is 4.57 Å². The van der Waals surface area contributed by atoms with E-state index >= 15 is 0 Å². The van der Waals surface area contributed by atoms with Crippen LogP contribution in [0, 0.1) is 0 Å². The quantitative estimate of drug-likeness (QED) is 0.365. The summed E-state index contributed by atoms with van der Waals surface area (Å²) in [6.07, 6.45) is 13.9. The minimum absolute atomic E-state index is 1.16. The number of hydrogen-bond acceptors (Lipinski definition) is 0. The molecule has 0 aliphatic carbocycles. The van der Waals surface area contributed by atoms with Gasteiger partial charge in [-0.1, -0.05) is 47.7 Å². The number of halogens is 1. The molecule has 0 N–H and O–H groups in total. The van der Waals surface area contributed by atoms with Crippen molar-refractivity contribution in [2.45, 2.75) is 51.5 Å². The lowest BCUT2D eigenvalue weighted by Crippen LogP contribution is -2.32. The first-order valence-electron chi connectivity index (χ1n) is 6.43. The van der Waals surface area contributed by atoms with Crippen LogP contribution in [0.15, 0.2) is 30.6 Å². The van der Waals surface area contributed by atoms with E-state index in [4.69, 9.17) is 0 Å². The molecule has 0 atom stereocenters. The Morgan fingerprint density at radius 1 is 0.688 bits per heavy atom. The van der Waals surface area contributed by atoms with Gasteiger partial charge in [0.2, 0.25) is 0 Å². The molecule has 0 radical (unpaired) electrons. The molecular formula is C14H23BrN+. The van der Waals surface area contributed by atoms with Crippen molar-refractivity contribution < 1.29 is 4.57 Å². The lowest BCUT2D eigenvalue weighted by atomic mass is 10.1. The van der Waals surface area contributed by atoms with E-state index in [-0.39, 0.29) is 0 Å². The van der Waals surface area contributed by atoms with Crippen LogP contribution in [-0.4, -0.2) is 5.33 Å². The third-order valence-electron chi connectivity index (χ3n) is 2.83. The summed E-state index contributed by atoms with van der Waals surface area (Å²) in [4.78, 5) is 0. The summed E-state index contributed by atoms with van der Waals surface area (Å²) in [7, 11) is 0. The zero-order chi connectivity index (χ0) is 11.5. The molecule has 0 fully saturated rings. The first-order chi connectivity index (χ1) is 7.93. The maximum absolute atomic E-state index is 3.47. The van der Waals surface area contributed by atoms with Crippen molar-refractivity contribution in [2.24, 2.45) is 0 Å². The lowest BCUT2D eigenvalue weighted by Gasteiger charge is -1.99. The number of alkyl halides is 1. The summed E-state index contributed by atoms with van der Waals surface area (Å²) < 4.78 is 2.27. The SMILES string of the molecule is BrCCCCCCCCC[n+]1ccccc1. The van der Waals surface area contributed by atoms with Gasteiger partial charge >= 0.3 is 0 Å². The molecule has 16 heavy (non-hydrogen) atoms. The monoisotopic (exact) mass is 284 g/mol. The molecular weight excluding hydrogens is 262 g/mol. The molecule has 0 saturated carbocycles. The van der Waals surface area contributed by atoms with Crippen molar-refractivity contribution in [3.63, 3.8) is 0 Å². The fourth-order valence-electron chi connectivity index (χ4n) is 1.86. The fourth-order valence-corrected chi connectivity index (χ4v) is 2.25. The van der Waals surface area contributed by atoms with Crippen LogP contribution in [0.4, 0.5) is 0 Å². The second-order valence-corrected chi connectivity index (χ2v) is 5.07. The molecule has 2 heteroatoms. The van der Waals surface area contributed by atoms with Crippen molar-refractivity contribution in [1.82, 2.24) is 0 Å². The van der Waals surface area contributed by atoms with Gasteiger partial charge in [0, 0.05) is 23.9 Å². The fraction of sp³-hybridized carbons (Fsp3) is 0.643. The summed E-state index contributed by atoms with van der Waals surface area (Å²) in [6, 6.07) is 6.26. The zero-order valence-electron chi connectivity index (χ0n) is 10.1. The van der Waals surface area contributed by atoms with Gasteiger partial charge in [-0.2, -0.15) is 0 Å². The van der Waals surface area contributed by atoms with Crippen molar-refractivity contribution in [1.29, 1.82) is 0 Å². The Kier molecular flexibility index (Phi) is 8.41. The van der Waals surface area contributed by atoms with Crippen molar-refractivity contribution >= 4 is 15.9 Å². The molecule has 0 unspecified atom stereocenters. The summed E-state index contributed by atoms with van der Waals surface area (Å²) in [5.74, 6) is 0. The van der Waals surface area contributed by atoms with E-state index in [9.17, 15) is 0 Å². The van der Waals surface area contributed by atoms with Crippen LogP contribution in [0.2, 0.25) is 0 Å². The summed E-state index contributed by atoms with van der Waals surface area (Å²) in [5.41, 5.74) is 0. The van der Waals surface area contributed by atoms with Gasteiger partial charge in [0.15, 0.2) is 12.4 Å². The van der Waals surface area contributed by atoms with Crippen molar-refractivity contribution in [2.75, 3.05) is 5.33 Å². The Balaban J connectivity index is 1.89. The van der Waals surface area contributed by atoms with E-state index in [1.54, 1.807) is 0 Å². The maximum Gasteiger partial charge on any atom is 0.168 e. The number of aromatic nitrogens is 1. The van der Waals surface area contributed by atoms with Gasteiger partial charge in [0.05, 0.1) is 0 Å². The molecule has 1 aromatic rings. The molecule has 90 valence electrons. The second-order valence-electron chi connectivity index (χ2n) is 4.28. The van der Waals surface area contributed by atoms with E-state index in [0.717, 1.165) is 5.33 Å². The molecule has 1 rings (SSSR count). The van der Waals surface area contributed by atoms with E-state index in [0.29, 0.717) is 0 Å². The summed E-state index contributed by atoms with van der Waals surface area (Å²) >= 11 is 3.47. The first-order valence-corrected chi connectivity index (χ1v) is 7.55. The molecule has 0 spiro atoms. The zero-order valence-corrected chi connectivity index (χ0v) is 11.7. The highest BCUT2D eigenvalue weighted by molar-refractivity contribution is 9.09. The molecule has 0 aliphatic heterocycles. The van der Waals surface area contributed by atoms with Gasteiger partial charge in [0.1, 0.15) is 6.54 Å². The third-order valence-corrected chi connectivity index (χ3v) is 3.39. The van der Waals surface area contributed by atoms with E-state index in [2.05, 4.69) is 51.1 Å². The van der Waals surface area contributed by atoms with Gasteiger partial charge < -0.3 is 0 Å². The number of rotatable bonds is 9. The Hall–Kier alpha value is -0.370. The van der Waals surface area contributed by atoms with Crippen molar-refractivity contribution in [3.05, 3.63) is 30.6 Å². The highest BCUT2D eigenvalue weighted by atomic mass is 79.9. The number of hydrogen-bond donors (Lipinski definition) is 0. The summed E-state index contributed by atoms with van der Waals surface area (Å²) in [6.45, 7) is 1.17. The normalized spacial score (nSPS) is 10.6. The van der Waals surface area contributed by atoms with Crippen LogP contribution >= 0.6 is 15.9 Å². The Morgan fingerprint density at radius 3 is 1.88 bits per heavy atom. The molecule has 1 heterocycles. The lowest BCUT2D eigenvalue weighted by molar-refractivity contribution is -0.697. The minimum atomic E-state index is 1.16. The van der Waals surface area contributed by atoms with Gasteiger partial charge in [-0.3, -0.25) is 0 Å². The number of nitrogens with zero attached hydrogens (tertiary/aromatic N) is 1. The molecule has 0 bridgehead atoms. The van der Waals surface area contributed by atoms with Gasteiger partial charge in [0.25, 0.3) is 0 Å². The van der Waals surface area contributed by atoms with Crippen LogP contribution in [0.25, 0.3) is 0 Å². The van der Waals surface area contributed by atoms with Gasteiger partial charge in [-0.15, -0.1) is 0 Å². The Labute approximate surface area is 108 Å². The third kappa shape index (κ3) is 7.00. The number of pyridine rings is 1. The topological polar surface area (TPSA) is 3.88 Å². The second kappa shape index (κ2) is 9.83.